The average Bonchev–Trinajstić information content (AvgIpc) is 2.76. The molecule has 158 valence electrons. The van der Waals surface area contributed by atoms with Gasteiger partial charge in [0.15, 0.2) is 0 Å². The van der Waals surface area contributed by atoms with Crippen molar-refractivity contribution in [3.05, 3.63) is 59.4 Å². The lowest BCUT2D eigenvalue weighted by atomic mass is 9.71. The zero-order valence-corrected chi connectivity index (χ0v) is 17.3. The second-order valence-corrected chi connectivity index (χ2v) is 8.17. The molecular weight excluding hydrogens is 385 g/mol. The molecule has 2 aliphatic rings. The number of urea groups is 1. The number of nitrogens with zero attached hydrogens (tertiary/aromatic N) is 2. The molecule has 2 aromatic rings. The van der Waals surface area contributed by atoms with Gasteiger partial charge in [0.25, 0.3) is 0 Å². The molecule has 0 aliphatic carbocycles. The topological polar surface area (TPSA) is 61.9 Å². The molecule has 0 unspecified atom stereocenters. The Labute approximate surface area is 175 Å². The van der Waals surface area contributed by atoms with Gasteiger partial charge in [0.1, 0.15) is 11.6 Å². The van der Waals surface area contributed by atoms with Gasteiger partial charge in [0.2, 0.25) is 5.91 Å². The van der Waals surface area contributed by atoms with E-state index < -0.39 is 0 Å². The number of rotatable bonds is 4. The van der Waals surface area contributed by atoms with Gasteiger partial charge in [-0.3, -0.25) is 4.79 Å². The Kier molecular flexibility index (Phi) is 5.37. The van der Waals surface area contributed by atoms with E-state index in [2.05, 4.69) is 5.32 Å². The third kappa shape index (κ3) is 3.84. The summed E-state index contributed by atoms with van der Waals surface area (Å²) in [4.78, 5) is 28.9. The lowest BCUT2D eigenvalue weighted by Crippen LogP contribution is -2.64. The largest absolute Gasteiger partial charge is 0.497 e. The van der Waals surface area contributed by atoms with Crippen molar-refractivity contribution >= 4 is 17.6 Å². The summed E-state index contributed by atoms with van der Waals surface area (Å²) in [5, 5.41) is 2.75. The Morgan fingerprint density at radius 3 is 2.47 bits per heavy atom. The number of ether oxygens (including phenoxy) is 1. The summed E-state index contributed by atoms with van der Waals surface area (Å²) >= 11 is 0. The molecular formula is C23H26FN3O3. The van der Waals surface area contributed by atoms with Crippen molar-refractivity contribution in [3.63, 3.8) is 0 Å². The van der Waals surface area contributed by atoms with Gasteiger partial charge >= 0.3 is 6.03 Å². The van der Waals surface area contributed by atoms with Crippen LogP contribution in [0.1, 0.15) is 24.0 Å². The lowest BCUT2D eigenvalue weighted by molar-refractivity contribution is -0.165. The fourth-order valence-electron chi connectivity index (χ4n) is 4.21. The molecule has 3 amide bonds. The van der Waals surface area contributed by atoms with Gasteiger partial charge < -0.3 is 19.9 Å². The minimum Gasteiger partial charge on any atom is -0.497 e. The molecule has 0 aromatic heterocycles. The molecule has 0 bridgehead atoms. The van der Waals surface area contributed by atoms with Crippen LogP contribution in [0.4, 0.5) is 14.9 Å². The van der Waals surface area contributed by atoms with E-state index in [1.807, 2.05) is 29.2 Å². The molecule has 4 rings (SSSR count). The number of methoxy groups -OCH3 is 1. The van der Waals surface area contributed by atoms with Crippen LogP contribution in [0.2, 0.25) is 0 Å². The number of halogens is 1. The summed E-state index contributed by atoms with van der Waals surface area (Å²) in [6, 6.07) is 12.1. The van der Waals surface area contributed by atoms with Crippen molar-refractivity contribution in [2.45, 2.75) is 26.3 Å². The normalized spacial score (nSPS) is 17.6. The Bertz CT molecular complexity index is 953. The Morgan fingerprint density at radius 1 is 1.17 bits per heavy atom. The highest BCUT2D eigenvalue weighted by atomic mass is 19.1. The molecule has 1 spiro atoms. The minimum atomic E-state index is -0.348. The van der Waals surface area contributed by atoms with Gasteiger partial charge in [0.05, 0.1) is 12.5 Å². The van der Waals surface area contributed by atoms with Crippen molar-refractivity contribution in [2.24, 2.45) is 5.41 Å². The number of carbonyl (C=O) groups is 2. The molecule has 2 aromatic carbocycles. The molecule has 2 saturated heterocycles. The highest BCUT2D eigenvalue weighted by Crippen LogP contribution is 2.42. The van der Waals surface area contributed by atoms with E-state index in [0.29, 0.717) is 43.7 Å². The maximum absolute atomic E-state index is 13.7. The van der Waals surface area contributed by atoms with Crippen molar-refractivity contribution in [1.29, 1.82) is 0 Å². The predicted octanol–water partition coefficient (Wildman–Crippen LogP) is 3.80. The van der Waals surface area contributed by atoms with Gasteiger partial charge in [-0.1, -0.05) is 18.2 Å². The fourth-order valence-corrected chi connectivity index (χ4v) is 4.21. The molecule has 7 heteroatoms. The summed E-state index contributed by atoms with van der Waals surface area (Å²) < 4.78 is 18.9. The number of hydrogen-bond donors (Lipinski definition) is 1. The highest BCUT2D eigenvalue weighted by molar-refractivity contribution is 5.91. The third-order valence-electron chi connectivity index (χ3n) is 6.20. The van der Waals surface area contributed by atoms with Crippen molar-refractivity contribution < 1.29 is 18.7 Å². The van der Waals surface area contributed by atoms with Gasteiger partial charge in [-0.2, -0.15) is 0 Å². The first-order chi connectivity index (χ1) is 14.4. The van der Waals surface area contributed by atoms with E-state index in [4.69, 9.17) is 4.74 Å². The first-order valence-corrected chi connectivity index (χ1v) is 10.1. The quantitative estimate of drug-likeness (QED) is 0.779. The number of amides is 3. The van der Waals surface area contributed by atoms with Crippen molar-refractivity contribution in [1.82, 2.24) is 9.80 Å². The monoisotopic (exact) mass is 411 g/mol. The Balaban J connectivity index is 1.29. The van der Waals surface area contributed by atoms with Crippen LogP contribution in [-0.4, -0.2) is 48.5 Å². The number of piperidine rings is 1. The number of β-lactam (4-membered cyclic amide) rings is 1. The number of benzene rings is 2. The van der Waals surface area contributed by atoms with Crippen LogP contribution in [0.25, 0.3) is 0 Å². The average molecular weight is 411 g/mol. The first kappa shape index (κ1) is 20.2. The SMILES string of the molecule is COc1ccc(CN2CC3(CCN(C(=O)Nc4ccc(C)c(F)c4)CC3)C2=O)cc1. The molecule has 30 heavy (non-hydrogen) atoms. The minimum absolute atomic E-state index is 0.166. The van der Waals surface area contributed by atoms with E-state index in [-0.39, 0.29) is 23.2 Å². The number of anilines is 1. The van der Waals surface area contributed by atoms with Gasteiger partial charge in [-0.05, 0) is 55.2 Å². The van der Waals surface area contributed by atoms with Crippen LogP contribution in [0, 0.1) is 18.2 Å². The van der Waals surface area contributed by atoms with Crippen molar-refractivity contribution in [2.75, 3.05) is 32.1 Å². The molecule has 2 heterocycles. The molecule has 0 radical (unpaired) electrons. The van der Waals surface area contributed by atoms with E-state index in [1.165, 1.54) is 6.07 Å². The van der Waals surface area contributed by atoms with Crippen LogP contribution in [-0.2, 0) is 11.3 Å². The van der Waals surface area contributed by atoms with E-state index in [0.717, 1.165) is 17.9 Å². The molecule has 1 N–H and O–H groups in total. The number of hydrogen-bond acceptors (Lipinski definition) is 3. The van der Waals surface area contributed by atoms with Crippen LogP contribution in [0.3, 0.4) is 0 Å². The van der Waals surface area contributed by atoms with Crippen LogP contribution < -0.4 is 10.1 Å². The van der Waals surface area contributed by atoms with E-state index in [9.17, 15) is 14.0 Å². The zero-order chi connectivity index (χ0) is 21.3. The summed E-state index contributed by atoms with van der Waals surface area (Å²) in [7, 11) is 1.63. The highest BCUT2D eigenvalue weighted by Gasteiger charge is 2.53. The number of likely N-dealkylation sites (tertiary alicyclic amines) is 2. The maximum atomic E-state index is 13.7. The van der Waals surface area contributed by atoms with Gasteiger partial charge in [-0.25, -0.2) is 9.18 Å². The van der Waals surface area contributed by atoms with E-state index in [1.54, 1.807) is 31.1 Å². The standard InChI is InChI=1S/C23H26FN3O3/c1-16-3-6-18(13-20(16)24)25-22(29)26-11-9-23(10-12-26)15-27(21(23)28)14-17-4-7-19(30-2)8-5-17/h3-8,13H,9-12,14-15H2,1-2H3,(H,25,29). The third-order valence-corrected chi connectivity index (χ3v) is 6.20. The first-order valence-electron chi connectivity index (χ1n) is 10.1. The van der Waals surface area contributed by atoms with E-state index >= 15 is 0 Å². The number of carbonyl (C=O) groups excluding carboxylic acids is 2. The van der Waals surface area contributed by atoms with Crippen LogP contribution in [0.5, 0.6) is 5.75 Å². The molecule has 2 aliphatic heterocycles. The smallest absolute Gasteiger partial charge is 0.321 e. The molecule has 0 atom stereocenters. The van der Waals surface area contributed by atoms with Crippen LogP contribution in [0.15, 0.2) is 42.5 Å². The molecule has 2 fully saturated rings. The van der Waals surface area contributed by atoms with Crippen LogP contribution >= 0.6 is 0 Å². The Hall–Kier alpha value is -3.09. The number of nitrogens with one attached hydrogen (secondary N) is 1. The second kappa shape index (κ2) is 7.97. The maximum Gasteiger partial charge on any atom is 0.321 e. The number of aryl methyl sites for hydroxylation is 1. The van der Waals surface area contributed by atoms with Gasteiger partial charge in [-0.15, -0.1) is 0 Å². The second-order valence-electron chi connectivity index (χ2n) is 8.17. The predicted molar refractivity (Wildman–Crippen MR) is 112 cm³/mol. The molecule has 0 saturated carbocycles. The van der Waals surface area contributed by atoms with Crippen molar-refractivity contribution in [3.8, 4) is 5.75 Å². The lowest BCUT2D eigenvalue weighted by Gasteiger charge is -2.52. The Morgan fingerprint density at radius 2 is 1.87 bits per heavy atom. The summed E-state index contributed by atoms with van der Waals surface area (Å²) in [6.45, 7) is 4.02. The van der Waals surface area contributed by atoms with Gasteiger partial charge in [0, 0.05) is 31.9 Å². The fraction of sp³-hybridized carbons (Fsp3) is 0.391. The molecule has 6 nitrogen and oxygen atoms in total. The summed E-state index contributed by atoms with van der Waals surface area (Å²) in [6.07, 6.45) is 1.31. The summed E-state index contributed by atoms with van der Waals surface area (Å²) in [5.41, 5.74) is 1.70. The summed E-state index contributed by atoms with van der Waals surface area (Å²) in [5.74, 6) is 0.616. The zero-order valence-electron chi connectivity index (χ0n) is 17.3.